The van der Waals surface area contributed by atoms with Gasteiger partial charge in [0.25, 0.3) is 0 Å². The molecule has 0 N–H and O–H groups in total. The van der Waals surface area contributed by atoms with Gasteiger partial charge in [-0.2, -0.15) is 0 Å². The van der Waals surface area contributed by atoms with E-state index in [9.17, 15) is 0 Å². The number of benzene rings is 1. The maximum absolute atomic E-state index is 4.70. The lowest BCUT2D eigenvalue weighted by Crippen LogP contribution is -2.44. The van der Waals surface area contributed by atoms with Crippen molar-refractivity contribution in [2.45, 2.75) is 10.9 Å². The third kappa shape index (κ3) is 3.95. The van der Waals surface area contributed by atoms with Gasteiger partial charge in [0.05, 0.1) is 0 Å². The van der Waals surface area contributed by atoms with Gasteiger partial charge in [-0.15, -0.1) is 0 Å². The number of thioether (sulfide) groups is 1. The minimum atomic E-state index is 0.857. The van der Waals surface area contributed by atoms with E-state index >= 15 is 0 Å². The molecule has 1 saturated heterocycles. The van der Waals surface area contributed by atoms with Gasteiger partial charge in [-0.25, -0.2) is 9.97 Å². The predicted molar refractivity (Wildman–Crippen MR) is 87.7 cm³/mol. The fourth-order valence-corrected chi connectivity index (χ4v) is 3.12. The summed E-state index contributed by atoms with van der Waals surface area (Å²) in [7, 11) is 2.17. The van der Waals surface area contributed by atoms with E-state index in [4.69, 9.17) is 4.98 Å². The van der Waals surface area contributed by atoms with Gasteiger partial charge in [-0.3, -0.25) is 0 Å². The topological polar surface area (TPSA) is 32.3 Å². The summed E-state index contributed by atoms with van der Waals surface area (Å²) >= 11 is 1.69. The number of piperazine rings is 1. The van der Waals surface area contributed by atoms with Crippen molar-refractivity contribution in [3.63, 3.8) is 0 Å². The second-order valence-corrected chi connectivity index (χ2v) is 6.20. The van der Waals surface area contributed by atoms with Crippen LogP contribution in [0.25, 0.3) is 0 Å². The van der Waals surface area contributed by atoms with Gasteiger partial charge < -0.3 is 9.80 Å². The van der Waals surface area contributed by atoms with Gasteiger partial charge in [0.15, 0.2) is 5.16 Å². The van der Waals surface area contributed by atoms with Gasteiger partial charge in [0, 0.05) is 38.1 Å². The molecule has 1 aromatic carbocycles. The van der Waals surface area contributed by atoms with E-state index < -0.39 is 0 Å². The summed E-state index contributed by atoms with van der Waals surface area (Å²) in [4.78, 5) is 13.8. The molecule has 0 amide bonds. The zero-order chi connectivity index (χ0) is 14.5. The Hall–Kier alpha value is -1.59. The molecule has 1 aliphatic rings. The molecule has 1 aliphatic heterocycles. The number of rotatable bonds is 4. The minimum Gasteiger partial charge on any atom is -0.354 e. The summed E-state index contributed by atoms with van der Waals surface area (Å²) in [6.07, 6.45) is 1.87. The van der Waals surface area contributed by atoms with Crippen LogP contribution in [-0.4, -0.2) is 48.1 Å². The molecule has 2 heterocycles. The molecule has 3 rings (SSSR count). The maximum atomic E-state index is 4.70. The largest absolute Gasteiger partial charge is 0.354 e. The SMILES string of the molecule is CN1CCN(c2ccnc(SCc3ccccc3)n2)CC1. The number of likely N-dealkylation sites (N-methyl/N-ethyl adjacent to an activating group) is 1. The first kappa shape index (κ1) is 14.4. The summed E-state index contributed by atoms with van der Waals surface area (Å²) in [5.41, 5.74) is 1.30. The summed E-state index contributed by atoms with van der Waals surface area (Å²) in [6.45, 7) is 4.26. The van der Waals surface area contributed by atoms with E-state index in [2.05, 4.69) is 46.1 Å². The number of hydrogen-bond donors (Lipinski definition) is 0. The molecule has 0 saturated carbocycles. The summed E-state index contributed by atoms with van der Waals surface area (Å²) in [5, 5.41) is 0.857. The standard InChI is InChI=1S/C16H20N4S/c1-19-9-11-20(12-10-19)15-7-8-17-16(18-15)21-13-14-5-3-2-4-6-14/h2-8H,9-13H2,1H3. The van der Waals surface area contributed by atoms with Crippen LogP contribution in [0, 0.1) is 0 Å². The van der Waals surface area contributed by atoms with Crippen molar-refractivity contribution in [2.75, 3.05) is 38.1 Å². The summed E-state index contributed by atoms with van der Waals surface area (Å²) in [6, 6.07) is 12.5. The second-order valence-electron chi connectivity index (χ2n) is 5.26. The molecule has 0 aliphatic carbocycles. The lowest BCUT2D eigenvalue weighted by molar-refractivity contribution is 0.312. The van der Waals surface area contributed by atoms with Crippen LogP contribution in [0.2, 0.25) is 0 Å². The first-order valence-corrected chi connectivity index (χ1v) is 8.23. The number of anilines is 1. The number of hydrogen-bond acceptors (Lipinski definition) is 5. The lowest BCUT2D eigenvalue weighted by atomic mass is 10.2. The van der Waals surface area contributed by atoms with Crippen molar-refractivity contribution in [1.29, 1.82) is 0 Å². The fourth-order valence-electron chi connectivity index (χ4n) is 2.34. The third-order valence-electron chi connectivity index (χ3n) is 3.66. The van der Waals surface area contributed by atoms with Crippen molar-refractivity contribution in [3.05, 3.63) is 48.2 Å². The van der Waals surface area contributed by atoms with E-state index in [0.29, 0.717) is 0 Å². The smallest absolute Gasteiger partial charge is 0.189 e. The van der Waals surface area contributed by atoms with Crippen molar-refractivity contribution in [2.24, 2.45) is 0 Å². The van der Waals surface area contributed by atoms with Crippen LogP contribution in [-0.2, 0) is 5.75 Å². The normalized spacial score (nSPS) is 16.1. The summed E-state index contributed by atoms with van der Waals surface area (Å²) in [5.74, 6) is 1.96. The highest BCUT2D eigenvalue weighted by Crippen LogP contribution is 2.21. The molecule has 1 aromatic heterocycles. The van der Waals surface area contributed by atoms with E-state index in [0.717, 1.165) is 42.9 Å². The van der Waals surface area contributed by atoms with Crippen LogP contribution in [0.1, 0.15) is 5.56 Å². The summed E-state index contributed by atoms with van der Waals surface area (Å²) < 4.78 is 0. The lowest BCUT2D eigenvalue weighted by Gasteiger charge is -2.33. The average molecular weight is 300 g/mol. The molecule has 0 bridgehead atoms. The minimum absolute atomic E-state index is 0.857. The number of aromatic nitrogens is 2. The Morgan fingerprint density at radius 1 is 1.05 bits per heavy atom. The first-order valence-electron chi connectivity index (χ1n) is 7.24. The highest BCUT2D eigenvalue weighted by molar-refractivity contribution is 7.98. The van der Waals surface area contributed by atoms with Crippen LogP contribution >= 0.6 is 11.8 Å². The molecule has 0 radical (unpaired) electrons. The Labute approximate surface area is 130 Å². The second kappa shape index (κ2) is 6.91. The average Bonchev–Trinajstić information content (AvgIpc) is 2.55. The Kier molecular flexibility index (Phi) is 4.72. The molecular weight excluding hydrogens is 280 g/mol. The van der Waals surface area contributed by atoms with Gasteiger partial charge >= 0.3 is 0 Å². The molecule has 0 unspecified atom stereocenters. The number of nitrogens with zero attached hydrogens (tertiary/aromatic N) is 4. The van der Waals surface area contributed by atoms with Crippen LogP contribution in [0.4, 0.5) is 5.82 Å². The Morgan fingerprint density at radius 2 is 1.81 bits per heavy atom. The van der Waals surface area contributed by atoms with E-state index in [-0.39, 0.29) is 0 Å². The monoisotopic (exact) mass is 300 g/mol. The van der Waals surface area contributed by atoms with Crippen LogP contribution in [0.15, 0.2) is 47.8 Å². The Balaban J connectivity index is 1.63. The van der Waals surface area contributed by atoms with Gasteiger partial charge in [-0.1, -0.05) is 42.1 Å². The van der Waals surface area contributed by atoms with E-state index in [1.807, 2.05) is 18.3 Å². The Bertz CT molecular complexity index is 567. The van der Waals surface area contributed by atoms with E-state index in [1.54, 1.807) is 11.8 Å². The zero-order valence-corrected chi connectivity index (χ0v) is 13.1. The van der Waals surface area contributed by atoms with Gasteiger partial charge in [-0.05, 0) is 18.7 Å². The predicted octanol–water partition coefficient (Wildman–Crippen LogP) is 2.52. The zero-order valence-electron chi connectivity index (χ0n) is 12.3. The van der Waals surface area contributed by atoms with Crippen LogP contribution in [0.5, 0.6) is 0 Å². The molecule has 0 atom stereocenters. The van der Waals surface area contributed by atoms with Crippen LogP contribution in [0.3, 0.4) is 0 Å². The van der Waals surface area contributed by atoms with Crippen molar-refractivity contribution < 1.29 is 0 Å². The molecular formula is C16H20N4S. The van der Waals surface area contributed by atoms with Crippen LogP contribution < -0.4 is 4.90 Å². The third-order valence-corrected chi connectivity index (χ3v) is 4.59. The quantitative estimate of drug-likeness (QED) is 0.640. The molecule has 5 heteroatoms. The van der Waals surface area contributed by atoms with Gasteiger partial charge in [0.2, 0.25) is 0 Å². The molecule has 1 fully saturated rings. The highest BCUT2D eigenvalue weighted by Gasteiger charge is 2.15. The maximum Gasteiger partial charge on any atom is 0.189 e. The van der Waals surface area contributed by atoms with Crippen molar-refractivity contribution >= 4 is 17.6 Å². The molecule has 4 nitrogen and oxygen atoms in total. The molecule has 110 valence electrons. The fraction of sp³-hybridized carbons (Fsp3) is 0.375. The highest BCUT2D eigenvalue weighted by atomic mass is 32.2. The first-order chi connectivity index (χ1) is 10.3. The van der Waals surface area contributed by atoms with Gasteiger partial charge in [0.1, 0.15) is 5.82 Å². The molecule has 21 heavy (non-hydrogen) atoms. The molecule has 2 aromatic rings. The van der Waals surface area contributed by atoms with E-state index in [1.165, 1.54) is 5.56 Å². The van der Waals surface area contributed by atoms with Crippen molar-refractivity contribution in [3.8, 4) is 0 Å². The Morgan fingerprint density at radius 3 is 2.57 bits per heavy atom. The molecule has 0 spiro atoms. The van der Waals surface area contributed by atoms with Crippen molar-refractivity contribution in [1.82, 2.24) is 14.9 Å².